The second-order valence-corrected chi connectivity index (χ2v) is 4.73. The minimum Gasteiger partial charge on any atom is -0.373 e. The predicted octanol–water partition coefficient (Wildman–Crippen LogP) is 3.78. The van der Waals surface area contributed by atoms with Crippen LogP contribution >= 0.6 is 0 Å². The summed E-state index contributed by atoms with van der Waals surface area (Å²) < 4.78 is 0. The average molecular weight is 270 g/mol. The van der Waals surface area contributed by atoms with Gasteiger partial charge in [-0.2, -0.15) is 0 Å². The molecule has 0 unspecified atom stereocenters. The van der Waals surface area contributed by atoms with Gasteiger partial charge < -0.3 is 10.6 Å². The molecule has 0 fully saturated rings. The number of benzene rings is 1. The topological polar surface area (TPSA) is 49.8 Å². The lowest BCUT2D eigenvalue weighted by molar-refractivity contribution is 0.838. The second-order valence-electron chi connectivity index (χ2n) is 4.73. The van der Waals surface area contributed by atoms with Crippen molar-refractivity contribution in [1.82, 2.24) is 9.97 Å². The van der Waals surface area contributed by atoms with E-state index >= 15 is 0 Å². The fourth-order valence-corrected chi connectivity index (χ4v) is 2.00. The molecule has 0 aliphatic rings. The van der Waals surface area contributed by atoms with Crippen molar-refractivity contribution < 1.29 is 0 Å². The molecular weight excluding hydrogens is 248 g/mol. The van der Waals surface area contributed by atoms with Gasteiger partial charge in [-0.3, -0.25) is 0 Å². The lowest BCUT2D eigenvalue weighted by Crippen LogP contribution is -2.03. The molecule has 0 atom stereocenters. The van der Waals surface area contributed by atoms with Gasteiger partial charge in [0.2, 0.25) is 0 Å². The van der Waals surface area contributed by atoms with Crippen LogP contribution < -0.4 is 10.6 Å². The maximum Gasteiger partial charge on any atom is 0.136 e. The monoisotopic (exact) mass is 270 g/mol. The van der Waals surface area contributed by atoms with Crippen molar-refractivity contribution in [1.29, 1.82) is 0 Å². The smallest absolute Gasteiger partial charge is 0.136 e. The molecule has 1 aromatic heterocycles. The van der Waals surface area contributed by atoms with E-state index < -0.39 is 0 Å². The Morgan fingerprint density at radius 3 is 2.30 bits per heavy atom. The van der Waals surface area contributed by atoms with Gasteiger partial charge in [0.15, 0.2) is 0 Å². The van der Waals surface area contributed by atoms with Gasteiger partial charge in [0.1, 0.15) is 17.5 Å². The molecule has 0 radical (unpaired) electrons. The summed E-state index contributed by atoms with van der Waals surface area (Å²) in [7, 11) is 1.87. The third-order valence-corrected chi connectivity index (χ3v) is 3.14. The van der Waals surface area contributed by atoms with Crippen LogP contribution in [0.5, 0.6) is 0 Å². The third kappa shape index (κ3) is 3.70. The van der Waals surface area contributed by atoms with Gasteiger partial charge in [-0.15, -0.1) is 0 Å². The van der Waals surface area contributed by atoms with E-state index in [1.807, 2.05) is 13.1 Å². The first-order valence-corrected chi connectivity index (χ1v) is 7.16. The molecule has 4 heteroatoms. The molecule has 0 aliphatic carbocycles. The van der Waals surface area contributed by atoms with E-state index in [4.69, 9.17) is 0 Å². The van der Waals surface area contributed by atoms with Crippen LogP contribution in [-0.2, 0) is 12.8 Å². The maximum absolute atomic E-state index is 4.55. The Kier molecular flexibility index (Phi) is 4.93. The molecular formula is C16H22N4. The number of aryl methyl sites for hydroxylation is 2. The van der Waals surface area contributed by atoms with E-state index in [1.54, 1.807) is 0 Å². The Morgan fingerprint density at radius 2 is 1.70 bits per heavy atom. The van der Waals surface area contributed by atoms with E-state index in [0.717, 1.165) is 42.4 Å². The highest BCUT2D eigenvalue weighted by Crippen LogP contribution is 2.18. The number of anilines is 3. The third-order valence-electron chi connectivity index (χ3n) is 3.14. The average Bonchev–Trinajstić information content (AvgIpc) is 2.48. The van der Waals surface area contributed by atoms with E-state index in [1.165, 1.54) is 5.56 Å². The number of aromatic nitrogens is 2. The Hall–Kier alpha value is -2.10. The van der Waals surface area contributed by atoms with Crippen LogP contribution in [0.2, 0.25) is 0 Å². The van der Waals surface area contributed by atoms with Gasteiger partial charge in [0.05, 0.1) is 0 Å². The van der Waals surface area contributed by atoms with Crippen LogP contribution in [0.15, 0.2) is 30.3 Å². The van der Waals surface area contributed by atoms with Crippen molar-refractivity contribution >= 4 is 17.3 Å². The number of hydrogen-bond acceptors (Lipinski definition) is 4. The van der Waals surface area contributed by atoms with Crippen molar-refractivity contribution in [2.24, 2.45) is 0 Å². The van der Waals surface area contributed by atoms with Crippen molar-refractivity contribution in [2.45, 2.75) is 33.1 Å². The molecule has 0 saturated carbocycles. The quantitative estimate of drug-likeness (QED) is 0.838. The summed E-state index contributed by atoms with van der Waals surface area (Å²) >= 11 is 0. The maximum atomic E-state index is 4.55. The largest absolute Gasteiger partial charge is 0.373 e. The molecule has 0 amide bonds. The summed E-state index contributed by atoms with van der Waals surface area (Å²) in [5.41, 5.74) is 2.38. The van der Waals surface area contributed by atoms with Crippen LogP contribution in [0.1, 0.15) is 31.7 Å². The predicted molar refractivity (Wildman–Crippen MR) is 84.7 cm³/mol. The highest BCUT2D eigenvalue weighted by Gasteiger charge is 2.04. The molecule has 0 aliphatic heterocycles. The van der Waals surface area contributed by atoms with E-state index in [-0.39, 0.29) is 0 Å². The Balaban J connectivity index is 2.20. The van der Waals surface area contributed by atoms with Gasteiger partial charge in [0.25, 0.3) is 0 Å². The first kappa shape index (κ1) is 14.3. The van der Waals surface area contributed by atoms with Crippen LogP contribution in [0, 0.1) is 0 Å². The first-order valence-electron chi connectivity index (χ1n) is 7.16. The fraction of sp³-hybridized carbons (Fsp3) is 0.375. The Labute approximate surface area is 120 Å². The van der Waals surface area contributed by atoms with Crippen LogP contribution in [0.4, 0.5) is 17.3 Å². The molecule has 0 bridgehead atoms. The Bertz CT molecular complexity index is 549. The molecule has 106 valence electrons. The standard InChI is InChI=1S/C16H22N4/c1-4-6-14-19-15(17-3)11-16(20-14)18-13-9-7-12(5-2)8-10-13/h7-11H,4-6H2,1-3H3,(H2,17,18,19,20). The van der Waals surface area contributed by atoms with Crippen LogP contribution in [0.25, 0.3) is 0 Å². The molecule has 1 aromatic carbocycles. The van der Waals surface area contributed by atoms with Gasteiger partial charge in [-0.05, 0) is 30.5 Å². The lowest BCUT2D eigenvalue weighted by atomic mass is 10.1. The highest BCUT2D eigenvalue weighted by atomic mass is 15.1. The van der Waals surface area contributed by atoms with E-state index in [2.05, 4.69) is 58.7 Å². The summed E-state index contributed by atoms with van der Waals surface area (Å²) in [5, 5.41) is 6.42. The van der Waals surface area contributed by atoms with Gasteiger partial charge in [-0.1, -0.05) is 26.0 Å². The minimum absolute atomic E-state index is 0.831. The SMILES string of the molecule is CCCc1nc(NC)cc(Nc2ccc(CC)cc2)n1. The molecule has 2 N–H and O–H groups in total. The number of hydrogen-bond donors (Lipinski definition) is 2. The number of nitrogens with zero attached hydrogens (tertiary/aromatic N) is 2. The zero-order valence-corrected chi connectivity index (χ0v) is 12.4. The Morgan fingerprint density at radius 1 is 1.00 bits per heavy atom. The zero-order chi connectivity index (χ0) is 14.4. The highest BCUT2D eigenvalue weighted by molar-refractivity contribution is 5.59. The van der Waals surface area contributed by atoms with Crippen molar-refractivity contribution in [3.05, 3.63) is 41.7 Å². The number of nitrogens with one attached hydrogen (secondary N) is 2. The van der Waals surface area contributed by atoms with Crippen molar-refractivity contribution in [2.75, 3.05) is 17.7 Å². The van der Waals surface area contributed by atoms with Crippen LogP contribution in [0.3, 0.4) is 0 Å². The molecule has 1 heterocycles. The summed E-state index contributed by atoms with van der Waals surface area (Å²) in [6, 6.07) is 10.4. The van der Waals surface area contributed by atoms with E-state index in [0.29, 0.717) is 0 Å². The van der Waals surface area contributed by atoms with Crippen molar-refractivity contribution in [3.8, 4) is 0 Å². The van der Waals surface area contributed by atoms with Crippen LogP contribution in [-0.4, -0.2) is 17.0 Å². The first-order chi connectivity index (χ1) is 9.75. The summed E-state index contributed by atoms with van der Waals surface area (Å²) in [5.74, 6) is 2.54. The van der Waals surface area contributed by atoms with Gasteiger partial charge in [0, 0.05) is 25.2 Å². The van der Waals surface area contributed by atoms with Crippen molar-refractivity contribution in [3.63, 3.8) is 0 Å². The molecule has 2 rings (SSSR count). The lowest BCUT2D eigenvalue weighted by Gasteiger charge is -2.10. The molecule has 4 nitrogen and oxygen atoms in total. The summed E-state index contributed by atoms with van der Waals surface area (Å²) in [6.45, 7) is 4.29. The van der Waals surface area contributed by atoms with E-state index in [9.17, 15) is 0 Å². The zero-order valence-electron chi connectivity index (χ0n) is 12.4. The van der Waals surface area contributed by atoms with Gasteiger partial charge in [-0.25, -0.2) is 9.97 Å². The van der Waals surface area contributed by atoms with Gasteiger partial charge >= 0.3 is 0 Å². The summed E-state index contributed by atoms with van der Waals surface area (Å²) in [4.78, 5) is 9.00. The number of rotatable bonds is 6. The minimum atomic E-state index is 0.831. The molecule has 20 heavy (non-hydrogen) atoms. The molecule has 0 spiro atoms. The molecule has 0 saturated heterocycles. The second kappa shape index (κ2) is 6.89. The summed E-state index contributed by atoms with van der Waals surface area (Å²) in [6.07, 6.45) is 2.98. The molecule has 2 aromatic rings. The fourth-order valence-electron chi connectivity index (χ4n) is 2.00. The normalized spacial score (nSPS) is 10.3.